The predicted octanol–water partition coefficient (Wildman–Crippen LogP) is 3.43. The van der Waals surface area contributed by atoms with Gasteiger partial charge in [0, 0.05) is 16.8 Å². The lowest BCUT2D eigenvalue weighted by Crippen LogP contribution is -1.90. The molecule has 0 unspecified atom stereocenters. The standard InChI is InChI=1S/C14H16N2O/c1-9(2)11-5-6-12(14(7-11)17-4)13-8-15-16-10(13)3/h5-8H,1H2,2-4H3,(H,15,16). The van der Waals surface area contributed by atoms with Gasteiger partial charge in [-0.1, -0.05) is 18.2 Å². The van der Waals surface area contributed by atoms with Crippen LogP contribution in [0.4, 0.5) is 0 Å². The van der Waals surface area contributed by atoms with Crippen molar-refractivity contribution in [1.82, 2.24) is 10.2 Å². The van der Waals surface area contributed by atoms with E-state index in [4.69, 9.17) is 4.74 Å². The molecule has 2 aromatic rings. The van der Waals surface area contributed by atoms with Crippen molar-refractivity contribution in [3.63, 3.8) is 0 Å². The number of ether oxygens (including phenoxy) is 1. The minimum atomic E-state index is 0.843. The Hall–Kier alpha value is -2.03. The van der Waals surface area contributed by atoms with Crippen LogP contribution in [0.2, 0.25) is 0 Å². The normalized spacial score (nSPS) is 10.3. The number of nitrogens with zero attached hydrogens (tertiary/aromatic N) is 1. The van der Waals surface area contributed by atoms with Gasteiger partial charge in [0.15, 0.2) is 0 Å². The van der Waals surface area contributed by atoms with Crippen LogP contribution in [0.25, 0.3) is 16.7 Å². The van der Waals surface area contributed by atoms with Crippen LogP contribution in [0.15, 0.2) is 31.0 Å². The number of nitrogens with one attached hydrogen (secondary N) is 1. The van der Waals surface area contributed by atoms with Crippen LogP contribution < -0.4 is 4.74 Å². The van der Waals surface area contributed by atoms with Gasteiger partial charge in [-0.05, 0) is 31.5 Å². The summed E-state index contributed by atoms with van der Waals surface area (Å²) in [6.45, 7) is 7.91. The molecule has 1 aromatic heterocycles. The van der Waals surface area contributed by atoms with Crippen molar-refractivity contribution in [2.75, 3.05) is 7.11 Å². The van der Waals surface area contributed by atoms with E-state index in [1.807, 2.05) is 38.2 Å². The van der Waals surface area contributed by atoms with Crippen LogP contribution in [-0.2, 0) is 0 Å². The SMILES string of the molecule is C=C(C)c1ccc(-c2cn[nH]c2C)c(OC)c1. The van der Waals surface area contributed by atoms with Crippen LogP contribution in [0, 0.1) is 6.92 Å². The van der Waals surface area contributed by atoms with Crippen molar-refractivity contribution >= 4 is 5.57 Å². The Labute approximate surface area is 101 Å². The van der Waals surface area contributed by atoms with Crippen molar-refractivity contribution in [3.8, 4) is 16.9 Å². The van der Waals surface area contributed by atoms with Gasteiger partial charge in [-0.25, -0.2) is 0 Å². The van der Waals surface area contributed by atoms with Gasteiger partial charge in [0.25, 0.3) is 0 Å². The lowest BCUT2D eigenvalue weighted by Gasteiger charge is -2.10. The highest BCUT2D eigenvalue weighted by atomic mass is 16.5. The van der Waals surface area contributed by atoms with E-state index in [2.05, 4.69) is 16.8 Å². The number of benzene rings is 1. The minimum Gasteiger partial charge on any atom is -0.496 e. The van der Waals surface area contributed by atoms with Crippen molar-refractivity contribution < 1.29 is 4.74 Å². The van der Waals surface area contributed by atoms with Gasteiger partial charge in [-0.3, -0.25) is 5.10 Å². The molecule has 3 nitrogen and oxygen atoms in total. The van der Waals surface area contributed by atoms with Gasteiger partial charge >= 0.3 is 0 Å². The highest BCUT2D eigenvalue weighted by Crippen LogP contribution is 2.33. The van der Waals surface area contributed by atoms with Gasteiger partial charge < -0.3 is 4.74 Å². The van der Waals surface area contributed by atoms with E-state index in [0.29, 0.717) is 0 Å². The van der Waals surface area contributed by atoms with E-state index in [1.165, 1.54) is 0 Å². The Balaban J connectivity index is 2.56. The van der Waals surface area contributed by atoms with Crippen LogP contribution >= 0.6 is 0 Å². The molecular formula is C14H16N2O. The number of allylic oxidation sites excluding steroid dienone is 1. The second-order valence-electron chi connectivity index (χ2n) is 4.10. The Bertz CT molecular complexity index is 555. The number of methoxy groups -OCH3 is 1. The van der Waals surface area contributed by atoms with Gasteiger partial charge in [0.2, 0.25) is 0 Å². The maximum absolute atomic E-state index is 5.43. The van der Waals surface area contributed by atoms with E-state index in [0.717, 1.165) is 33.7 Å². The third-order valence-corrected chi connectivity index (χ3v) is 2.81. The fraction of sp³-hybridized carbons (Fsp3) is 0.214. The molecule has 0 atom stereocenters. The van der Waals surface area contributed by atoms with E-state index < -0.39 is 0 Å². The number of hydrogen-bond donors (Lipinski definition) is 1. The monoisotopic (exact) mass is 228 g/mol. The van der Waals surface area contributed by atoms with Gasteiger partial charge in [0.1, 0.15) is 5.75 Å². The van der Waals surface area contributed by atoms with Crippen molar-refractivity contribution in [3.05, 3.63) is 42.2 Å². The molecule has 1 heterocycles. The number of hydrogen-bond acceptors (Lipinski definition) is 2. The summed E-state index contributed by atoms with van der Waals surface area (Å²) < 4.78 is 5.43. The van der Waals surface area contributed by atoms with E-state index in [1.54, 1.807) is 7.11 Å². The summed E-state index contributed by atoms with van der Waals surface area (Å²) in [5, 5.41) is 6.97. The molecule has 0 saturated carbocycles. The van der Waals surface area contributed by atoms with E-state index in [9.17, 15) is 0 Å². The Morgan fingerprint density at radius 2 is 2.12 bits per heavy atom. The molecule has 0 spiro atoms. The zero-order valence-corrected chi connectivity index (χ0v) is 10.4. The van der Waals surface area contributed by atoms with Crippen LogP contribution in [-0.4, -0.2) is 17.3 Å². The summed E-state index contributed by atoms with van der Waals surface area (Å²) >= 11 is 0. The third-order valence-electron chi connectivity index (χ3n) is 2.81. The van der Waals surface area contributed by atoms with Crippen molar-refractivity contribution in [1.29, 1.82) is 0 Å². The second kappa shape index (κ2) is 4.45. The molecule has 88 valence electrons. The lowest BCUT2D eigenvalue weighted by atomic mass is 10.0. The average Bonchev–Trinajstić information content (AvgIpc) is 2.74. The lowest BCUT2D eigenvalue weighted by molar-refractivity contribution is 0.416. The maximum Gasteiger partial charge on any atom is 0.127 e. The van der Waals surface area contributed by atoms with Crippen molar-refractivity contribution in [2.45, 2.75) is 13.8 Å². The molecular weight excluding hydrogens is 212 g/mol. The highest BCUT2D eigenvalue weighted by Gasteiger charge is 2.10. The summed E-state index contributed by atoms with van der Waals surface area (Å²) in [6, 6.07) is 6.09. The third kappa shape index (κ3) is 2.09. The molecule has 0 saturated heterocycles. The summed E-state index contributed by atoms with van der Waals surface area (Å²) in [5.74, 6) is 0.843. The Kier molecular flexibility index (Phi) is 3.00. The van der Waals surface area contributed by atoms with E-state index in [-0.39, 0.29) is 0 Å². The molecule has 0 aliphatic heterocycles. The first-order chi connectivity index (χ1) is 8.13. The molecule has 0 aliphatic rings. The molecule has 0 amide bonds. The zero-order valence-electron chi connectivity index (χ0n) is 10.4. The number of aryl methyl sites for hydroxylation is 1. The van der Waals surface area contributed by atoms with Crippen LogP contribution in [0.1, 0.15) is 18.2 Å². The largest absolute Gasteiger partial charge is 0.496 e. The number of rotatable bonds is 3. The number of aromatic nitrogens is 2. The van der Waals surface area contributed by atoms with Crippen LogP contribution in [0.5, 0.6) is 5.75 Å². The fourth-order valence-corrected chi connectivity index (χ4v) is 1.80. The van der Waals surface area contributed by atoms with Gasteiger partial charge in [0.05, 0.1) is 13.3 Å². The number of H-pyrrole nitrogens is 1. The first-order valence-corrected chi connectivity index (χ1v) is 5.47. The van der Waals surface area contributed by atoms with Gasteiger partial charge in [-0.2, -0.15) is 5.10 Å². The molecule has 0 bridgehead atoms. The molecule has 0 fully saturated rings. The summed E-state index contributed by atoms with van der Waals surface area (Å²) in [5.41, 5.74) is 5.26. The summed E-state index contributed by atoms with van der Waals surface area (Å²) in [4.78, 5) is 0. The highest BCUT2D eigenvalue weighted by molar-refractivity contribution is 5.75. The molecule has 0 aliphatic carbocycles. The second-order valence-corrected chi connectivity index (χ2v) is 4.10. The smallest absolute Gasteiger partial charge is 0.127 e. The summed E-state index contributed by atoms with van der Waals surface area (Å²) in [7, 11) is 1.68. The molecule has 0 radical (unpaired) electrons. The zero-order chi connectivity index (χ0) is 12.4. The van der Waals surface area contributed by atoms with Gasteiger partial charge in [-0.15, -0.1) is 0 Å². The van der Waals surface area contributed by atoms with Crippen LogP contribution in [0.3, 0.4) is 0 Å². The Morgan fingerprint density at radius 3 is 2.65 bits per heavy atom. The maximum atomic E-state index is 5.43. The molecule has 17 heavy (non-hydrogen) atoms. The first-order valence-electron chi connectivity index (χ1n) is 5.47. The summed E-state index contributed by atoms with van der Waals surface area (Å²) in [6.07, 6.45) is 1.81. The minimum absolute atomic E-state index is 0.843. The average molecular weight is 228 g/mol. The van der Waals surface area contributed by atoms with Crippen molar-refractivity contribution in [2.24, 2.45) is 0 Å². The quantitative estimate of drug-likeness (QED) is 0.874. The molecule has 1 aromatic carbocycles. The van der Waals surface area contributed by atoms with E-state index >= 15 is 0 Å². The molecule has 1 N–H and O–H groups in total. The predicted molar refractivity (Wildman–Crippen MR) is 70.0 cm³/mol. The molecule has 3 heteroatoms. The molecule has 2 rings (SSSR count). The topological polar surface area (TPSA) is 37.9 Å². The Morgan fingerprint density at radius 1 is 1.35 bits per heavy atom. The number of aromatic amines is 1. The fourth-order valence-electron chi connectivity index (χ4n) is 1.80. The first kappa shape index (κ1) is 11.5.